The summed E-state index contributed by atoms with van der Waals surface area (Å²) >= 11 is 2.04. The Hall–Kier alpha value is 0.310. The van der Waals surface area contributed by atoms with Gasteiger partial charge in [-0.2, -0.15) is 11.8 Å². The summed E-state index contributed by atoms with van der Waals surface area (Å²) in [5.74, 6) is 0.989. The zero-order valence-corrected chi connectivity index (χ0v) is 11.6. The number of hydrogen-bond acceptors (Lipinski definition) is 2. The minimum atomic E-state index is 0.475. The van der Waals surface area contributed by atoms with Crippen LogP contribution in [-0.4, -0.2) is 23.6 Å². The summed E-state index contributed by atoms with van der Waals surface area (Å²) in [6.07, 6.45) is 9.01. The van der Waals surface area contributed by atoms with Crippen LogP contribution in [0.15, 0.2) is 0 Å². The highest BCUT2D eigenvalue weighted by molar-refractivity contribution is 8.00. The second-order valence-corrected chi connectivity index (χ2v) is 6.10. The topological polar surface area (TPSA) is 12.0 Å². The molecule has 0 radical (unpaired) electrons. The van der Waals surface area contributed by atoms with E-state index >= 15 is 0 Å². The average molecular weight is 229 g/mol. The normalized spacial score (nSPS) is 19.2. The van der Waals surface area contributed by atoms with E-state index in [1.807, 2.05) is 11.8 Å². The first-order valence-corrected chi connectivity index (χ1v) is 7.72. The van der Waals surface area contributed by atoms with Gasteiger partial charge in [0.25, 0.3) is 0 Å². The molecule has 1 fully saturated rings. The van der Waals surface area contributed by atoms with Gasteiger partial charge in [0, 0.05) is 17.3 Å². The molecule has 1 N–H and O–H groups in total. The molecule has 15 heavy (non-hydrogen) atoms. The van der Waals surface area contributed by atoms with Gasteiger partial charge in [-0.3, -0.25) is 0 Å². The molecule has 0 saturated heterocycles. The number of thioether (sulfide) groups is 1. The molecular formula is C13H27NS. The van der Waals surface area contributed by atoms with E-state index in [2.05, 4.69) is 32.3 Å². The van der Waals surface area contributed by atoms with Crippen LogP contribution in [0.2, 0.25) is 0 Å². The fourth-order valence-corrected chi connectivity index (χ4v) is 3.13. The molecule has 1 rings (SSSR count). The average Bonchev–Trinajstić information content (AvgIpc) is 3.10. The van der Waals surface area contributed by atoms with E-state index in [1.54, 1.807) is 0 Å². The van der Waals surface area contributed by atoms with Crippen molar-refractivity contribution in [2.75, 3.05) is 12.8 Å². The number of nitrogens with one attached hydrogen (secondary N) is 1. The van der Waals surface area contributed by atoms with Crippen molar-refractivity contribution < 1.29 is 0 Å². The van der Waals surface area contributed by atoms with Crippen LogP contribution in [0, 0.1) is 5.92 Å². The third-order valence-electron chi connectivity index (χ3n) is 4.04. The van der Waals surface area contributed by atoms with Gasteiger partial charge in [0.1, 0.15) is 0 Å². The molecule has 0 spiro atoms. The lowest BCUT2D eigenvalue weighted by Crippen LogP contribution is -2.42. The molecule has 0 aliphatic heterocycles. The first kappa shape index (κ1) is 13.4. The molecule has 90 valence electrons. The van der Waals surface area contributed by atoms with Gasteiger partial charge in [0.05, 0.1) is 0 Å². The van der Waals surface area contributed by atoms with E-state index in [0.717, 1.165) is 12.0 Å². The van der Waals surface area contributed by atoms with Gasteiger partial charge in [-0.25, -0.2) is 0 Å². The molecule has 2 heteroatoms. The summed E-state index contributed by atoms with van der Waals surface area (Å²) in [7, 11) is 0. The number of rotatable bonds is 8. The van der Waals surface area contributed by atoms with Crippen LogP contribution in [-0.2, 0) is 0 Å². The molecule has 0 aromatic rings. The Labute approximate surface area is 99.8 Å². The first-order chi connectivity index (χ1) is 7.21. The molecular weight excluding hydrogens is 202 g/mol. The van der Waals surface area contributed by atoms with Crippen LogP contribution < -0.4 is 5.32 Å². The van der Waals surface area contributed by atoms with Gasteiger partial charge in [-0.15, -0.1) is 0 Å². The smallest absolute Gasteiger partial charge is 0.0276 e. The van der Waals surface area contributed by atoms with Gasteiger partial charge < -0.3 is 5.32 Å². The van der Waals surface area contributed by atoms with Crippen molar-refractivity contribution in [3.05, 3.63) is 0 Å². The fraction of sp³-hybridized carbons (Fsp3) is 1.00. The van der Waals surface area contributed by atoms with E-state index in [1.165, 1.54) is 38.6 Å². The monoisotopic (exact) mass is 229 g/mol. The van der Waals surface area contributed by atoms with Crippen LogP contribution in [0.3, 0.4) is 0 Å². The van der Waals surface area contributed by atoms with E-state index in [-0.39, 0.29) is 0 Å². The van der Waals surface area contributed by atoms with Crippen molar-refractivity contribution in [1.82, 2.24) is 5.32 Å². The molecule has 1 saturated carbocycles. The lowest BCUT2D eigenvalue weighted by molar-refractivity contribution is 0.402. The van der Waals surface area contributed by atoms with Crippen LogP contribution in [0.1, 0.15) is 52.9 Å². The van der Waals surface area contributed by atoms with Crippen LogP contribution in [0.4, 0.5) is 0 Å². The predicted octanol–water partition coefficient (Wildman–Crippen LogP) is 3.69. The molecule has 1 nitrogen and oxygen atoms in total. The molecule has 1 aliphatic rings. The van der Waals surface area contributed by atoms with E-state index < -0.39 is 0 Å². The van der Waals surface area contributed by atoms with E-state index in [4.69, 9.17) is 0 Å². The maximum absolute atomic E-state index is 3.80. The van der Waals surface area contributed by atoms with Crippen molar-refractivity contribution in [1.29, 1.82) is 0 Å². The van der Waals surface area contributed by atoms with Crippen molar-refractivity contribution in [2.24, 2.45) is 5.92 Å². The minimum Gasteiger partial charge on any atom is -0.312 e. The van der Waals surface area contributed by atoms with Crippen molar-refractivity contribution >= 4 is 11.8 Å². The Balaban J connectivity index is 2.37. The Kier molecular flexibility index (Phi) is 5.48. The molecule has 1 aliphatic carbocycles. The quantitative estimate of drug-likeness (QED) is 0.681. The third kappa shape index (κ3) is 3.67. The van der Waals surface area contributed by atoms with Gasteiger partial charge in [0.15, 0.2) is 0 Å². The molecule has 0 heterocycles. The lowest BCUT2D eigenvalue weighted by Gasteiger charge is -2.32. The Bertz CT molecular complexity index is 165. The predicted molar refractivity (Wildman–Crippen MR) is 71.6 cm³/mol. The molecule has 1 atom stereocenters. The Morgan fingerprint density at radius 2 is 1.87 bits per heavy atom. The van der Waals surface area contributed by atoms with Gasteiger partial charge in [0.2, 0.25) is 0 Å². The number of hydrogen-bond donors (Lipinski definition) is 1. The highest BCUT2D eigenvalue weighted by Gasteiger charge is 2.32. The van der Waals surface area contributed by atoms with E-state index in [9.17, 15) is 0 Å². The summed E-state index contributed by atoms with van der Waals surface area (Å²) < 4.78 is 0.475. The molecule has 1 unspecified atom stereocenters. The largest absolute Gasteiger partial charge is 0.312 e. The van der Waals surface area contributed by atoms with Gasteiger partial charge in [-0.1, -0.05) is 20.8 Å². The summed E-state index contributed by atoms with van der Waals surface area (Å²) in [5.41, 5.74) is 0. The first-order valence-electron chi connectivity index (χ1n) is 6.49. The highest BCUT2D eigenvalue weighted by atomic mass is 32.2. The maximum Gasteiger partial charge on any atom is 0.0276 e. The van der Waals surface area contributed by atoms with Crippen molar-refractivity contribution in [3.8, 4) is 0 Å². The Morgan fingerprint density at radius 3 is 2.20 bits per heavy atom. The second-order valence-electron chi connectivity index (χ2n) is 4.83. The standard InChI is InChI=1S/C13H27NS/c1-5-12(11-8-9-11)14-10-13(6-2,7-3)15-4/h11-12,14H,5-10H2,1-4H3. The fourth-order valence-electron chi connectivity index (χ4n) is 2.32. The van der Waals surface area contributed by atoms with Crippen molar-refractivity contribution in [2.45, 2.75) is 63.7 Å². The third-order valence-corrected chi connectivity index (χ3v) is 5.63. The molecule has 0 amide bonds. The molecule has 0 aromatic carbocycles. The second kappa shape index (κ2) is 6.15. The minimum absolute atomic E-state index is 0.475. The van der Waals surface area contributed by atoms with Crippen LogP contribution >= 0.6 is 11.8 Å². The summed E-state index contributed by atoms with van der Waals surface area (Å²) in [4.78, 5) is 0. The Morgan fingerprint density at radius 1 is 1.27 bits per heavy atom. The lowest BCUT2D eigenvalue weighted by atomic mass is 10.0. The summed E-state index contributed by atoms with van der Waals surface area (Å²) in [5, 5.41) is 3.80. The maximum atomic E-state index is 3.80. The summed E-state index contributed by atoms with van der Waals surface area (Å²) in [6, 6.07) is 0.787. The highest BCUT2D eigenvalue weighted by Crippen LogP contribution is 2.35. The summed E-state index contributed by atoms with van der Waals surface area (Å²) in [6.45, 7) is 8.14. The van der Waals surface area contributed by atoms with Crippen LogP contribution in [0.5, 0.6) is 0 Å². The van der Waals surface area contributed by atoms with Gasteiger partial charge in [-0.05, 0) is 44.3 Å². The molecule has 0 bridgehead atoms. The zero-order valence-electron chi connectivity index (χ0n) is 10.8. The van der Waals surface area contributed by atoms with Crippen LogP contribution in [0.25, 0.3) is 0 Å². The SMILES string of the molecule is CCC(NCC(CC)(CC)SC)C1CC1. The van der Waals surface area contributed by atoms with E-state index in [0.29, 0.717) is 4.75 Å². The van der Waals surface area contributed by atoms with Gasteiger partial charge >= 0.3 is 0 Å². The molecule has 0 aromatic heterocycles. The zero-order chi connectivity index (χ0) is 11.3. The van der Waals surface area contributed by atoms with Crippen molar-refractivity contribution in [3.63, 3.8) is 0 Å².